The summed E-state index contributed by atoms with van der Waals surface area (Å²) in [7, 11) is -0.474. The molecule has 1 atom stereocenters. The lowest BCUT2D eigenvalue weighted by atomic mass is 10.4. The number of rotatable bonds is 7. The maximum Gasteiger partial charge on any atom is 0.240 e. The van der Waals surface area contributed by atoms with E-state index in [2.05, 4.69) is 20.7 Å². The van der Waals surface area contributed by atoms with Crippen LogP contribution < -0.4 is 4.72 Å². The van der Waals surface area contributed by atoms with Crippen LogP contribution >= 0.6 is 15.9 Å². The van der Waals surface area contributed by atoms with Gasteiger partial charge in [-0.15, -0.1) is 0 Å². The number of hydrogen-bond acceptors (Lipinski definition) is 4. The van der Waals surface area contributed by atoms with E-state index in [4.69, 9.17) is 9.47 Å². The van der Waals surface area contributed by atoms with Crippen molar-refractivity contribution in [3.8, 4) is 0 Å². The van der Waals surface area contributed by atoms with Gasteiger partial charge in [-0.05, 0) is 18.2 Å². The van der Waals surface area contributed by atoms with Crippen molar-refractivity contribution >= 4 is 26.0 Å². The number of sulfonamides is 1. The third-order valence-corrected chi connectivity index (χ3v) is 4.21. The maximum absolute atomic E-state index is 12.0. The summed E-state index contributed by atoms with van der Waals surface area (Å²) in [6.45, 7) is 0.497. The van der Waals surface area contributed by atoms with Gasteiger partial charge in [0.05, 0.1) is 17.6 Å². The lowest BCUT2D eigenvalue weighted by molar-refractivity contribution is 0.0320. The Morgan fingerprint density at radius 3 is 2.67 bits per heavy atom. The highest BCUT2D eigenvalue weighted by atomic mass is 79.9. The van der Waals surface area contributed by atoms with E-state index >= 15 is 0 Å². The summed E-state index contributed by atoms with van der Waals surface area (Å²) in [6, 6.07) is 6.51. The van der Waals surface area contributed by atoms with Crippen molar-refractivity contribution in [2.24, 2.45) is 0 Å². The lowest BCUT2D eigenvalue weighted by Crippen LogP contribution is -2.35. The van der Waals surface area contributed by atoms with Gasteiger partial charge in [0.15, 0.2) is 0 Å². The van der Waals surface area contributed by atoms with E-state index in [1.165, 1.54) is 20.3 Å². The molecule has 0 saturated heterocycles. The minimum atomic E-state index is -3.52. The first-order valence-electron chi connectivity index (χ1n) is 5.26. The van der Waals surface area contributed by atoms with E-state index in [0.29, 0.717) is 11.1 Å². The molecule has 1 aromatic carbocycles. The van der Waals surface area contributed by atoms with Crippen molar-refractivity contribution in [1.82, 2.24) is 4.72 Å². The van der Waals surface area contributed by atoms with Gasteiger partial charge >= 0.3 is 0 Å². The average Bonchev–Trinajstić information content (AvgIpc) is 2.34. The van der Waals surface area contributed by atoms with Crippen LogP contribution in [0.5, 0.6) is 0 Å². The number of hydrogen-bond donors (Lipinski definition) is 1. The molecule has 0 saturated carbocycles. The molecule has 0 spiro atoms. The minimum Gasteiger partial charge on any atom is -0.382 e. The first-order chi connectivity index (χ1) is 8.49. The Labute approximate surface area is 116 Å². The van der Waals surface area contributed by atoms with E-state index in [1.807, 2.05) is 0 Å². The molecular weight excluding hydrogens is 322 g/mol. The average molecular weight is 338 g/mol. The van der Waals surface area contributed by atoms with Gasteiger partial charge in [-0.2, -0.15) is 0 Å². The number of halogens is 1. The molecule has 5 nitrogen and oxygen atoms in total. The van der Waals surface area contributed by atoms with Crippen LogP contribution in [-0.2, 0) is 19.5 Å². The smallest absolute Gasteiger partial charge is 0.240 e. The Bertz CT molecular complexity index is 478. The molecule has 0 aliphatic carbocycles. The van der Waals surface area contributed by atoms with Gasteiger partial charge in [0.1, 0.15) is 0 Å². The Hall–Kier alpha value is -0.470. The van der Waals surface area contributed by atoms with Crippen LogP contribution in [0, 0.1) is 0 Å². The summed E-state index contributed by atoms with van der Waals surface area (Å²) in [5.74, 6) is 0. The molecule has 102 valence electrons. The summed E-state index contributed by atoms with van der Waals surface area (Å²) >= 11 is 3.24. The second-order valence-electron chi connectivity index (χ2n) is 3.62. The molecule has 18 heavy (non-hydrogen) atoms. The first kappa shape index (κ1) is 15.6. The van der Waals surface area contributed by atoms with Crippen LogP contribution in [0.4, 0.5) is 0 Å². The molecule has 1 rings (SSSR count). The molecule has 0 bridgehead atoms. The summed E-state index contributed by atoms with van der Waals surface area (Å²) in [6.07, 6.45) is -0.308. The van der Waals surface area contributed by atoms with Gasteiger partial charge in [0.25, 0.3) is 0 Å². The van der Waals surface area contributed by atoms with Gasteiger partial charge in [0.2, 0.25) is 10.0 Å². The summed E-state index contributed by atoms with van der Waals surface area (Å²) in [5.41, 5.74) is 0. The van der Waals surface area contributed by atoms with Crippen LogP contribution in [0.1, 0.15) is 0 Å². The number of ether oxygens (including phenoxy) is 2. The van der Waals surface area contributed by atoms with Crippen molar-refractivity contribution in [3.63, 3.8) is 0 Å². The molecule has 1 N–H and O–H groups in total. The van der Waals surface area contributed by atoms with Gasteiger partial charge in [0, 0.05) is 25.2 Å². The molecule has 0 heterocycles. The van der Waals surface area contributed by atoms with Crippen molar-refractivity contribution < 1.29 is 17.9 Å². The lowest BCUT2D eigenvalue weighted by Gasteiger charge is -2.15. The van der Waals surface area contributed by atoms with E-state index in [9.17, 15) is 8.42 Å². The maximum atomic E-state index is 12.0. The largest absolute Gasteiger partial charge is 0.382 e. The van der Waals surface area contributed by atoms with E-state index in [-0.39, 0.29) is 17.5 Å². The predicted octanol–water partition coefficient (Wildman–Crippen LogP) is 1.39. The highest BCUT2D eigenvalue weighted by Crippen LogP contribution is 2.15. The monoisotopic (exact) mass is 337 g/mol. The van der Waals surface area contributed by atoms with Crippen LogP contribution in [0.2, 0.25) is 0 Å². The highest BCUT2D eigenvalue weighted by Gasteiger charge is 2.16. The van der Waals surface area contributed by atoms with Gasteiger partial charge < -0.3 is 9.47 Å². The molecule has 0 radical (unpaired) electrons. The van der Waals surface area contributed by atoms with Crippen molar-refractivity contribution in [2.75, 3.05) is 27.4 Å². The molecule has 0 amide bonds. The first-order valence-corrected chi connectivity index (χ1v) is 7.54. The summed E-state index contributed by atoms with van der Waals surface area (Å²) < 4.78 is 37.2. The Morgan fingerprint density at radius 2 is 2.11 bits per heavy atom. The topological polar surface area (TPSA) is 64.6 Å². The molecule has 0 fully saturated rings. The van der Waals surface area contributed by atoms with Gasteiger partial charge in [-0.25, -0.2) is 13.1 Å². The molecule has 1 aromatic rings. The highest BCUT2D eigenvalue weighted by molar-refractivity contribution is 9.10. The number of methoxy groups -OCH3 is 2. The zero-order valence-corrected chi connectivity index (χ0v) is 12.6. The van der Waals surface area contributed by atoms with E-state index < -0.39 is 10.0 Å². The zero-order chi connectivity index (χ0) is 13.6. The number of nitrogens with one attached hydrogen (secondary N) is 1. The SMILES string of the molecule is COCC(CNS(=O)(=O)c1cccc(Br)c1)OC. The second kappa shape index (κ2) is 7.20. The minimum absolute atomic E-state index is 0.166. The fraction of sp³-hybridized carbons (Fsp3) is 0.455. The second-order valence-corrected chi connectivity index (χ2v) is 6.30. The number of benzene rings is 1. The molecule has 0 aromatic heterocycles. The molecule has 7 heteroatoms. The van der Waals surface area contributed by atoms with Crippen molar-refractivity contribution in [1.29, 1.82) is 0 Å². The summed E-state index contributed by atoms with van der Waals surface area (Å²) in [5, 5.41) is 0. The molecule has 0 aliphatic rings. The van der Waals surface area contributed by atoms with Crippen molar-refractivity contribution in [3.05, 3.63) is 28.7 Å². The van der Waals surface area contributed by atoms with Crippen LogP contribution in [-0.4, -0.2) is 41.9 Å². The van der Waals surface area contributed by atoms with E-state index in [1.54, 1.807) is 18.2 Å². The normalized spacial score (nSPS) is 13.5. The Balaban J connectivity index is 2.70. The molecule has 1 unspecified atom stereocenters. The van der Waals surface area contributed by atoms with E-state index in [0.717, 1.165) is 0 Å². The Kier molecular flexibility index (Phi) is 6.24. The molecular formula is C11H16BrNO4S. The van der Waals surface area contributed by atoms with Crippen LogP contribution in [0.15, 0.2) is 33.6 Å². The third-order valence-electron chi connectivity index (χ3n) is 2.29. The molecule has 0 aliphatic heterocycles. The predicted molar refractivity (Wildman–Crippen MR) is 72.0 cm³/mol. The fourth-order valence-electron chi connectivity index (χ4n) is 1.32. The third kappa shape index (κ3) is 4.66. The fourth-order valence-corrected chi connectivity index (χ4v) is 2.98. The summed E-state index contributed by atoms with van der Waals surface area (Å²) in [4.78, 5) is 0.212. The zero-order valence-electron chi connectivity index (χ0n) is 10.2. The quantitative estimate of drug-likeness (QED) is 0.816. The van der Waals surface area contributed by atoms with Crippen LogP contribution in [0.3, 0.4) is 0 Å². The Morgan fingerprint density at radius 1 is 1.39 bits per heavy atom. The van der Waals surface area contributed by atoms with Crippen molar-refractivity contribution in [2.45, 2.75) is 11.0 Å². The van der Waals surface area contributed by atoms with Crippen LogP contribution in [0.25, 0.3) is 0 Å². The standard InChI is InChI=1S/C11H16BrNO4S/c1-16-8-10(17-2)7-13-18(14,15)11-5-3-4-9(12)6-11/h3-6,10,13H,7-8H2,1-2H3. The van der Waals surface area contributed by atoms with Gasteiger partial charge in [-0.3, -0.25) is 0 Å². The van der Waals surface area contributed by atoms with Gasteiger partial charge in [-0.1, -0.05) is 22.0 Å².